The van der Waals surface area contributed by atoms with Crippen LogP contribution in [0.5, 0.6) is 0 Å². The first-order chi connectivity index (χ1) is 21.3. The number of aromatic nitrogens is 2. The highest BCUT2D eigenvalue weighted by molar-refractivity contribution is 6.24. The average molecular weight is 548 g/mol. The molecule has 0 radical (unpaired) electrons. The molecule has 0 amide bonds. The lowest BCUT2D eigenvalue weighted by molar-refractivity contribution is 1.18. The van der Waals surface area contributed by atoms with Crippen molar-refractivity contribution in [2.45, 2.75) is 0 Å². The van der Waals surface area contributed by atoms with Gasteiger partial charge >= 0.3 is 0 Å². The largest absolute Gasteiger partial charge is 0.309 e. The Kier molecular flexibility index (Phi) is 5.84. The fourth-order valence-corrected chi connectivity index (χ4v) is 6.28. The summed E-state index contributed by atoms with van der Waals surface area (Å²) in [4.78, 5) is 4.23. The zero-order chi connectivity index (χ0) is 28.8. The van der Waals surface area contributed by atoms with Crippen molar-refractivity contribution >= 4 is 32.6 Å². The summed E-state index contributed by atoms with van der Waals surface area (Å²) in [5.41, 5.74) is 10.7. The molecule has 0 N–H and O–H groups in total. The Morgan fingerprint density at radius 3 is 1.88 bits per heavy atom. The van der Waals surface area contributed by atoms with Gasteiger partial charge in [0.1, 0.15) is 6.07 Å². The molecule has 200 valence electrons. The van der Waals surface area contributed by atoms with Gasteiger partial charge in [0.05, 0.1) is 16.6 Å². The van der Waals surface area contributed by atoms with E-state index in [2.05, 4.69) is 149 Å². The maximum Gasteiger partial charge on any atom is 0.101 e. The van der Waals surface area contributed by atoms with Crippen molar-refractivity contribution in [3.8, 4) is 45.1 Å². The standard InChI is InChI=1S/C40H25N3/c41-24-27-21-32(26-42-25-27)29-17-15-28(16-18-29)31-19-20-36-38(22-31)43(33-11-5-2-6-12-33)39-23-37(30-9-3-1-4-10-30)34-13-7-8-14-35(34)40(36)39/h1-23,25-26H. The summed E-state index contributed by atoms with van der Waals surface area (Å²) in [6.07, 6.45) is 3.39. The molecule has 8 aromatic rings. The van der Waals surface area contributed by atoms with Gasteiger partial charge in [-0.1, -0.05) is 109 Å². The van der Waals surface area contributed by atoms with Gasteiger partial charge in [-0.05, 0) is 68.9 Å². The molecule has 2 heterocycles. The molecule has 0 fully saturated rings. The molecule has 3 heteroatoms. The Hall–Kier alpha value is -5.98. The van der Waals surface area contributed by atoms with Gasteiger partial charge in [-0.25, -0.2) is 0 Å². The molecule has 0 saturated carbocycles. The van der Waals surface area contributed by atoms with Crippen molar-refractivity contribution in [1.82, 2.24) is 9.55 Å². The number of rotatable bonds is 4. The molecule has 6 aromatic carbocycles. The number of nitrogens with zero attached hydrogens (tertiary/aromatic N) is 3. The zero-order valence-corrected chi connectivity index (χ0v) is 23.3. The van der Waals surface area contributed by atoms with Crippen LogP contribution in [0.25, 0.3) is 71.6 Å². The molecule has 0 aliphatic rings. The van der Waals surface area contributed by atoms with E-state index in [0.717, 1.165) is 27.9 Å². The van der Waals surface area contributed by atoms with Gasteiger partial charge in [0.25, 0.3) is 0 Å². The maximum absolute atomic E-state index is 9.29. The zero-order valence-electron chi connectivity index (χ0n) is 23.3. The lowest BCUT2D eigenvalue weighted by Crippen LogP contribution is -1.94. The van der Waals surface area contributed by atoms with E-state index in [1.807, 2.05) is 6.07 Å². The first kappa shape index (κ1) is 24.8. The number of hydrogen-bond donors (Lipinski definition) is 0. The second-order valence-electron chi connectivity index (χ2n) is 10.8. The van der Waals surface area contributed by atoms with Gasteiger partial charge in [0.2, 0.25) is 0 Å². The summed E-state index contributed by atoms with van der Waals surface area (Å²) in [7, 11) is 0. The van der Waals surface area contributed by atoms with Crippen molar-refractivity contribution in [2.24, 2.45) is 0 Å². The Morgan fingerprint density at radius 2 is 1.14 bits per heavy atom. The quantitative estimate of drug-likeness (QED) is 0.220. The first-order valence-corrected chi connectivity index (χ1v) is 14.4. The summed E-state index contributed by atoms with van der Waals surface area (Å²) in [6, 6.07) is 51.8. The molecule has 0 unspecified atom stereocenters. The number of benzene rings is 6. The molecule has 0 aliphatic carbocycles. The Morgan fingerprint density at radius 1 is 0.488 bits per heavy atom. The highest BCUT2D eigenvalue weighted by atomic mass is 15.0. The molecule has 8 rings (SSSR count). The fraction of sp³-hybridized carbons (Fsp3) is 0. The van der Waals surface area contributed by atoms with Crippen LogP contribution in [0, 0.1) is 11.3 Å². The number of fused-ring (bicyclic) bond motifs is 5. The van der Waals surface area contributed by atoms with Crippen LogP contribution >= 0.6 is 0 Å². The molecular formula is C40H25N3. The minimum Gasteiger partial charge on any atom is -0.309 e. The summed E-state index contributed by atoms with van der Waals surface area (Å²) in [6.45, 7) is 0. The van der Waals surface area contributed by atoms with E-state index in [1.165, 1.54) is 43.7 Å². The second kappa shape index (κ2) is 10.1. The number of para-hydroxylation sites is 1. The van der Waals surface area contributed by atoms with E-state index in [9.17, 15) is 5.26 Å². The summed E-state index contributed by atoms with van der Waals surface area (Å²) >= 11 is 0. The highest BCUT2D eigenvalue weighted by Gasteiger charge is 2.18. The van der Waals surface area contributed by atoms with E-state index in [1.54, 1.807) is 12.4 Å². The molecule has 0 spiro atoms. The topological polar surface area (TPSA) is 41.6 Å². The van der Waals surface area contributed by atoms with Crippen LogP contribution in [-0.4, -0.2) is 9.55 Å². The molecular weight excluding hydrogens is 522 g/mol. The van der Waals surface area contributed by atoms with E-state index in [-0.39, 0.29) is 0 Å². The molecule has 3 nitrogen and oxygen atoms in total. The Bertz CT molecular complexity index is 2330. The molecule has 2 aromatic heterocycles. The van der Waals surface area contributed by atoms with E-state index >= 15 is 0 Å². The minimum atomic E-state index is 0.559. The van der Waals surface area contributed by atoms with E-state index < -0.39 is 0 Å². The monoisotopic (exact) mass is 547 g/mol. The normalized spacial score (nSPS) is 11.2. The van der Waals surface area contributed by atoms with Gasteiger partial charge in [-0.15, -0.1) is 0 Å². The lowest BCUT2D eigenvalue weighted by atomic mass is 9.94. The SMILES string of the molecule is N#Cc1cncc(-c2ccc(-c3ccc4c5c6ccccc6c(-c6ccccc6)cc5n(-c5ccccc5)c4c3)cc2)c1. The lowest BCUT2D eigenvalue weighted by Gasteiger charge is -2.12. The summed E-state index contributed by atoms with van der Waals surface area (Å²) in [5, 5.41) is 14.3. The van der Waals surface area contributed by atoms with Crippen molar-refractivity contribution in [1.29, 1.82) is 5.26 Å². The van der Waals surface area contributed by atoms with E-state index in [4.69, 9.17) is 0 Å². The van der Waals surface area contributed by atoms with E-state index in [0.29, 0.717) is 5.56 Å². The predicted octanol–water partition coefficient (Wildman–Crippen LogP) is 10.2. The first-order valence-electron chi connectivity index (χ1n) is 14.4. The minimum absolute atomic E-state index is 0.559. The van der Waals surface area contributed by atoms with Crippen LogP contribution in [0.1, 0.15) is 5.56 Å². The van der Waals surface area contributed by atoms with Crippen molar-refractivity contribution < 1.29 is 0 Å². The molecule has 0 bridgehead atoms. The van der Waals surface area contributed by atoms with Gasteiger partial charge in [0.15, 0.2) is 0 Å². The van der Waals surface area contributed by atoms with Crippen LogP contribution in [0.15, 0.2) is 152 Å². The van der Waals surface area contributed by atoms with Gasteiger partial charge < -0.3 is 4.57 Å². The van der Waals surface area contributed by atoms with Crippen LogP contribution in [0.2, 0.25) is 0 Å². The third kappa shape index (κ3) is 4.17. The second-order valence-corrected chi connectivity index (χ2v) is 10.8. The average Bonchev–Trinajstić information content (AvgIpc) is 3.42. The number of hydrogen-bond acceptors (Lipinski definition) is 2. The predicted molar refractivity (Wildman–Crippen MR) is 177 cm³/mol. The smallest absolute Gasteiger partial charge is 0.101 e. The van der Waals surface area contributed by atoms with Crippen LogP contribution in [-0.2, 0) is 0 Å². The molecule has 0 aliphatic heterocycles. The third-order valence-corrected chi connectivity index (χ3v) is 8.29. The number of pyridine rings is 1. The van der Waals surface area contributed by atoms with Gasteiger partial charge in [-0.3, -0.25) is 4.98 Å². The Labute approximate surface area is 249 Å². The Balaban J connectivity index is 1.37. The molecule has 0 saturated heterocycles. The highest BCUT2D eigenvalue weighted by Crippen LogP contribution is 2.42. The molecule has 43 heavy (non-hydrogen) atoms. The van der Waals surface area contributed by atoms with Crippen molar-refractivity contribution in [3.05, 3.63) is 157 Å². The number of nitriles is 1. The fourth-order valence-electron chi connectivity index (χ4n) is 6.28. The van der Waals surface area contributed by atoms with Gasteiger partial charge in [0, 0.05) is 34.4 Å². The van der Waals surface area contributed by atoms with Crippen LogP contribution < -0.4 is 0 Å². The summed E-state index contributed by atoms with van der Waals surface area (Å²) in [5.74, 6) is 0. The maximum atomic E-state index is 9.29. The van der Waals surface area contributed by atoms with Gasteiger partial charge in [-0.2, -0.15) is 5.26 Å². The summed E-state index contributed by atoms with van der Waals surface area (Å²) < 4.78 is 2.40. The van der Waals surface area contributed by atoms with Crippen LogP contribution in [0.4, 0.5) is 0 Å². The third-order valence-electron chi connectivity index (χ3n) is 8.29. The van der Waals surface area contributed by atoms with Crippen molar-refractivity contribution in [3.63, 3.8) is 0 Å². The van der Waals surface area contributed by atoms with Crippen molar-refractivity contribution in [2.75, 3.05) is 0 Å². The molecule has 0 atom stereocenters. The van der Waals surface area contributed by atoms with Crippen LogP contribution in [0.3, 0.4) is 0 Å².